The summed E-state index contributed by atoms with van der Waals surface area (Å²) in [6.45, 7) is 2.91. The van der Waals surface area contributed by atoms with Gasteiger partial charge in [-0.2, -0.15) is 0 Å². The Balaban J connectivity index is 1.34. The predicted octanol–water partition coefficient (Wildman–Crippen LogP) is 3.18. The van der Waals surface area contributed by atoms with Gasteiger partial charge in [-0.15, -0.1) is 0 Å². The van der Waals surface area contributed by atoms with E-state index in [-0.39, 0.29) is 12.6 Å². The number of carbonyl (C=O) groups excluding carboxylic acids is 2. The second-order valence-corrected chi connectivity index (χ2v) is 8.12. The summed E-state index contributed by atoms with van der Waals surface area (Å²) in [7, 11) is 0. The van der Waals surface area contributed by atoms with Crippen LogP contribution < -0.4 is 5.73 Å². The minimum atomic E-state index is -0.477. The lowest BCUT2D eigenvalue weighted by Gasteiger charge is -2.34. The highest BCUT2D eigenvalue weighted by Gasteiger charge is 2.25. The van der Waals surface area contributed by atoms with Gasteiger partial charge in [-0.1, -0.05) is 54.6 Å². The maximum absolute atomic E-state index is 12.7. The van der Waals surface area contributed by atoms with Crippen molar-refractivity contribution in [1.82, 2.24) is 9.96 Å². The monoisotopic (exact) mass is 445 g/mol. The second-order valence-electron chi connectivity index (χ2n) is 8.12. The number of amides is 2. The van der Waals surface area contributed by atoms with Crippen molar-refractivity contribution in [3.8, 4) is 11.1 Å². The van der Waals surface area contributed by atoms with Crippen LogP contribution in [0.15, 0.2) is 78.9 Å². The number of nitrogens with two attached hydrogens (primary N) is 1. The lowest BCUT2D eigenvalue weighted by molar-refractivity contribution is -0.111. The van der Waals surface area contributed by atoms with Crippen molar-refractivity contribution >= 4 is 11.8 Å². The van der Waals surface area contributed by atoms with E-state index in [2.05, 4.69) is 17.0 Å². The molecule has 1 saturated heterocycles. The van der Waals surface area contributed by atoms with E-state index < -0.39 is 11.8 Å². The molecule has 1 heterocycles. The molecule has 1 aliphatic heterocycles. The fourth-order valence-electron chi connectivity index (χ4n) is 3.93. The lowest BCUT2D eigenvalue weighted by atomic mass is 10.0. The third-order valence-electron chi connectivity index (χ3n) is 5.72. The van der Waals surface area contributed by atoms with E-state index in [1.165, 1.54) is 5.56 Å². The summed E-state index contributed by atoms with van der Waals surface area (Å²) in [5.41, 5.74) is 9.10. The summed E-state index contributed by atoms with van der Waals surface area (Å²) in [5, 5.41) is 11.1. The number of hydrogen-bond acceptors (Lipinski definition) is 5. The first-order valence-corrected chi connectivity index (χ1v) is 10.9. The first-order chi connectivity index (χ1) is 16.0. The number of benzene rings is 3. The van der Waals surface area contributed by atoms with E-state index in [1.807, 2.05) is 18.2 Å². The summed E-state index contributed by atoms with van der Waals surface area (Å²) >= 11 is 0. The van der Waals surface area contributed by atoms with Gasteiger partial charge in [-0.25, -0.2) is 5.06 Å². The highest BCUT2D eigenvalue weighted by Crippen LogP contribution is 2.21. The van der Waals surface area contributed by atoms with Crippen LogP contribution in [0.4, 0.5) is 0 Å². The smallest absolute Gasteiger partial charge is 0.277 e. The van der Waals surface area contributed by atoms with Crippen LogP contribution in [-0.4, -0.2) is 59.3 Å². The Bertz CT molecular complexity index is 1080. The quantitative estimate of drug-likeness (QED) is 0.430. The van der Waals surface area contributed by atoms with Crippen LogP contribution in [0.1, 0.15) is 26.3 Å². The molecule has 0 spiro atoms. The van der Waals surface area contributed by atoms with Gasteiger partial charge in [0, 0.05) is 30.8 Å². The van der Waals surface area contributed by atoms with Gasteiger partial charge in [0.15, 0.2) is 0 Å². The fraction of sp³-hybridized carbons (Fsp3) is 0.231. The molecule has 0 saturated carbocycles. The Morgan fingerprint density at radius 2 is 1.55 bits per heavy atom. The Kier molecular flexibility index (Phi) is 7.14. The zero-order valence-corrected chi connectivity index (χ0v) is 18.3. The molecular formula is C26H27N3O4. The minimum Gasteiger partial charge on any atom is -0.374 e. The van der Waals surface area contributed by atoms with Crippen LogP contribution >= 0.6 is 0 Å². The van der Waals surface area contributed by atoms with Gasteiger partial charge in [0.05, 0.1) is 19.3 Å². The Hall–Kier alpha value is -3.52. The van der Waals surface area contributed by atoms with E-state index in [9.17, 15) is 14.8 Å². The summed E-state index contributed by atoms with van der Waals surface area (Å²) in [4.78, 5) is 26.2. The van der Waals surface area contributed by atoms with Gasteiger partial charge in [0.1, 0.15) is 0 Å². The number of morpholine rings is 1. The highest BCUT2D eigenvalue weighted by molar-refractivity contribution is 5.94. The molecule has 0 bridgehead atoms. The molecule has 7 heteroatoms. The molecule has 1 aliphatic rings. The van der Waals surface area contributed by atoms with Crippen LogP contribution in [0.2, 0.25) is 0 Å². The molecule has 3 N–H and O–H groups in total. The number of hydrogen-bond donors (Lipinski definition) is 2. The molecule has 0 aliphatic carbocycles. The normalized spacial score (nSPS) is 16.3. The number of nitrogens with zero attached hydrogens (tertiary/aromatic N) is 2. The Labute approximate surface area is 193 Å². The third kappa shape index (κ3) is 5.84. The van der Waals surface area contributed by atoms with Crippen molar-refractivity contribution in [1.29, 1.82) is 0 Å². The fourth-order valence-corrected chi connectivity index (χ4v) is 3.93. The molecule has 1 fully saturated rings. The van der Waals surface area contributed by atoms with Crippen molar-refractivity contribution in [2.75, 3.05) is 26.2 Å². The summed E-state index contributed by atoms with van der Waals surface area (Å²) < 4.78 is 5.78. The molecule has 170 valence electrons. The van der Waals surface area contributed by atoms with Gasteiger partial charge >= 0.3 is 0 Å². The van der Waals surface area contributed by atoms with Gasteiger partial charge in [-0.3, -0.25) is 19.7 Å². The first-order valence-electron chi connectivity index (χ1n) is 10.9. The second kappa shape index (κ2) is 10.4. The Morgan fingerprint density at radius 3 is 2.15 bits per heavy atom. The van der Waals surface area contributed by atoms with E-state index in [4.69, 9.17) is 10.5 Å². The van der Waals surface area contributed by atoms with Crippen molar-refractivity contribution in [2.24, 2.45) is 5.73 Å². The molecule has 33 heavy (non-hydrogen) atoms. The predicted molar refractivity (Wildman–Crippen MR) is 125 cm³/mol. The first kappa shape index (κ1) is 22.7. The maximum Gasteiger partial charge on any atom is 0.277 e. The van der Waals surface area contributed by atoms with Gasteiger partial charge in [0.2, 0.25) is 5.91 Å². The molecule has 3 aromatic carbocycles. The topological polar surface area (TPSA) is 96.1 Å². The SMILES string of the molecule is NC(=O)c1ccc(-c2ccc(C(=O)N(O)CC3CN(Cc4ccccc4)CCO3)cc2)cc1. The molecule has 0 aromatic heterocycles. The number of ether oxygens (including phenoxy) is 1. The molecule has 3 aromatic rings. The average Bonchev–Trinajstić information content (AvgIpc) is 2.84. The average molecular weight is 446 g/mol. The van der Waals surface area contributed by atoms with E-state index in [0.717, 1.165) is 29.3 Å². The van der Waals surface area contributed by atoms with E-state index in [0.29, 0.717) is 24.3 Å². The van der Waals surface area contributed by atoms with E-state index in [1.54, 1.807) is 48.5 Å². The van der Waals surface area contributed by atoms with Crippen molar-refractivity contribution in [3.05, 3.63) is 95.6 Å². The molecular weight excluding hydrogens is 418 g/mol. The standard InChI is InChI=1S/C26H27N3O4/c27-25(30)22-10-6-20(7-11-22)21-8-12-23(13-9-21)26(31)29(32)18-24-17-28(14-15-33-24)16-19-4-2-1-3-5-19/h1-13,24,32H,14-18H2,(H2,27,30). The zero-order valence-electron chi connectivity index (χ0n) is 18.3. The third-order valence-corrected chi connectivity index (χ3v) is 5.72. The molecule has 0 radical (unpaired) electrons. The van der Waals surface area contributed by atoms with E-state index >= 15 is 0 Å². The number of carbonyl (C=O) groups is 2. The summed E-state index contributed by atoms with van der Waals surface area (Å²) in [5.74, 6) is -0.954. The molecule has 2 amide bonds. The number of primary amides is 1. The van der Waals surface area contributed by atoms with Crippen LogP contribution in [0, 0.1) is 0 Å². The van der Waals surface area contributed by atoms with Crippen LogP contribution in [0.3, 0.4) is 0 Å². The van der Waals surface area contributed by atoms with Crippen LogP contribution in [0.5, 0.6) is 0 Å². The van der Waals surface area contributed by atoms with Crippen LogP contribution in [0.25, 0.3) is 11.1 Å². The highest BCUT2D eigenvalue weighted by atomic mass is 16.5. The molecule has 7 nitrogen and oxygen atoms in total. The number of hydroxylamine groups is 2. The zero-order chi connectivity index (χ0) is 23.2. The van der Waals surface area contributed by atoms with Gasteiger partial charge in [0.25, 0.3) is 5.91 Å². The largest absolute Gasteiger partial charge is 0.374 e. The molecule has 1 unspecified atom stereocenters. The minimum absolute atomic E-state index is 0.0977. The molecule has 1 atom stereocenters. The number of rotatable bonds is 7. The van der Waals surface area contributed by atoms with Crippen molar-refractivity contribution in [3.63, 3.8) is 0 Å². The summed E-state index contributed by atoms with van der Waals surface area (Å²) in [6, 6.07) is 24.1. The van der Waals surface area contributed by atoms with Crippen LogP contribution in [-0.2, 0) is 11.3 Å². The van der Waals surface area contributed by atoms with Gasteiger partial charge < -0.3 is 10.5 Å². The van der Waals surface area contributed by atoms with Crippen molar-refractivity contribution < 1.29 is 19.5 Å². The van der Waals surface area contributed by atoms with Crippen molar-refractivity contribution in [2.45, 2.75) is 12.6 Å². The summed E-state index contributed by atoms with van der Waals surface area (Å²) in [6.07, 6.45) is -0.264. The molecule has 4 rings (SSSR count). The lowest BCUT2D eigenvalue weighted by Crippen LogP contribution is -2.47. The van der Waals surface area contributed by atoms with Gasteiger partial charge in [-0.05, 0) is 41.0 Å². The Morgan fingerprint density at radius 1 is 0.939 bits per heavy atom. The maximum atomic E-state index is 12.7.